The fourth-order valence-corrected chi connectivity index (χ4v) is 6.61. The average molecular weight is 455 g/mol. The number of nitrogens with zero attached hydrogens (tertiary/aromatic N) is 4. The standard InChI is InChI=1S/C22H19FN4O2S2/c23-18-10-2-1-9-17(18)22-26-25-21(30-22)16-8-5-13-27(14-16)31(28,29)19-11-3-6-15-7-4-12-24-20(15)19/h1-4,6-7,9-12,16H,5,8,13-14H2. The van der Waals surface area contributed by atoms with Crippen LogP contribution in [0.15, 0.2) is 65.7 Å². The maximum atomic E-state index is 14.1. The molecule has 158 valence electrons. The molecule has 1 fully saturated rings. The van der Waals surface area contributed by atoms with Crippen LogP contribution in [0.4, 0.5) is 4.39 Å². The fraction of sp³-hybridized carbons (Fsp3) is 0.227. The molecule has 0 bridgehead atoms. The van der Waals surface area contributed by atoms with E-state index in [9.17, 15) is 12.8 Å². The number of halogens is 1. The van der Waals surface area contributed by atoms with Crippen molar-refractivity contribution in [1.82, 2.24) is 19.5 Å². The Kier molecular flexibility index (Phi) is 5.25. The van der Waals surface area contributed by atoms with Gasteiger partial charge in [-0.15, -0.1) is 10.2 Å². The first kappa shape index (κ1) is 20.2. The van der Waals surface area contributed by atoms with Crippen LogP contribution in [0, 0.1) is 5.82 Å². The predicted molar refractivity (Wildman–Crippen MR) is 118 cm³/mol. The number of aromatic nitrogens is 3. The number of pyridine rings is 1. The van der Waals surface area contributed by atoms with Gasteiger partial charge in [0, 0.05) is 36.2 Å². The first-order valence-electron chi connectivity index (χ1n) is 9.96. The second kappa shape index (κ2) is 8.07. The van der Waals surface area contributed by atoms with Crippen molar-refractivity contribution < 1.29 is 12.8 Å². The Hall–Kier alpha value is -2.75. The molecule has 2 aromatic carbocycles. The van der Waals surface area contributed by atoms with E-state index >= 15 is 0 Å². The molecule has 6 nitrogen and oxygen atoms in total. The van der Waals surface area contributed by atoms with Gasteiger partial charge in [-0.2, -0.15) is 4.31 Å². The molecular formula is C22H19FN4O2S2. The summed E-state index contributed by atoms with van der Waals surface area (Å²) in [6.07, 6.45) is 3.13. The molecular weight excluding hydrogens is 435 g/mol. The van der Waals surface area contributed by atoms with Gasteiger partial charge in [-0.25, -0.2) is 12.8 Å². The summed E-state index contributed by atoms with van der Waals surface area (Å²) in [5.74, 6) is -0.425. The number of para-hydroxylation sites is 1. The van der Waals surface area contributed by atoms with Crippen LogP contribution in [0.3, 0.4) is 0 Å². The Bertz CT molecular complexity index is 1350. The summed E-state index contributed by atoms with van der Waals surface area (Å²) in [6.45, 7) is 0.762. The minimum Gasteiger partial charge on any atom is -0.255 e. The minimum atomic E-state index is -3.71. The molecule has 3 heterocycles. The van der Waals surface area contributed by atoms with E-state index in [0.29, 0.717) is 29.2 Å². The molecule has 0 spiro atoms. The van der Waals surface area contributed by atoms with Crippen LogP contribution >= 0.6 is 11.3 Å². The summed E-state index contributed by atoms with van der Waals surface area (Å²) in [5, 5.41) is 10.4. The molecule has 4 aromatic rings. The number of benzene rings is 2. The molecule has 1 unspecified atom stereocenters. The number of fused-ring (bicyclic) bond motifs is 1. The average Bonchev–Trinajstić information content (AvgIpc) is 3.29. The molecule has 0 aliphatic carbocycles. The Morgan fingerprint density at radius 3 is 2.74 bits per heavy atom. The Balaban J connectivity index is 1.44. The number of hydrogen-bond donors (Lipinski definition) is 0. The number of piperidine rings is 1. The molecule has 0 radical (unpaired) electrons. The summed E-state index contributed by atoms with van der Waals surface area (Å²) in [5.41, 5.74) is 0.887. The smallest absolute Gasteiger partial charge is 0.245 e. The van der Waals surface area contributed by atoms with E-state index in [4.69, 9.17) is 0 Å². The van der Waals surface area contributed by atoms with Gasteiger partial charge in [0.2, 0.25) is 10.0 Å². The molecule has 1 aliphatic heterocycles. The van der Waals surface area contributed by atoms with Gasteiger partial charge in [0.05, 0.1) is 5.52 Å². The lowest BCUT2D eigenvalue weighted by Crippen LogP contribution is -2.39. The fourth-order valence-electron chi connectivity index (χ4n) is 3.93. The van der Waals surface area contributed by atoms with Crippen molar-refractivity contribution in [2.45, 2.75) is 23.7 Å². The van der Waals surface area contributed by atoms with Crippen molar-refractivity contribution >= 4 is 32.3 Å². The van der Waals surface area contributed by atoms with Crippen LogP contribution < -0.4 is 0 Å². The third kappa shape index (κ3) is 3.73. The van der Waals surface area contributed by atoms with E-state index in [1.165, 1.54) is 21.7 Å². The van der Waals surface area contributed by atoms with E-state index in [1.807, 2.05) is 12.1 Å². The number of rotatable bonds is 4. The molecule has 5 rings (SSSR count). The molecule has 0 amide bonds. The third-order valence-corrected chi connectivity index (χ3v) is 8.51. The lowest BCUT2D eigenvalue weighted by Gasteiger charge is -2.30. The summed E-state index contributed by atoms with van der Waals surface area (Å²) < 4.78 is 42.5. The predicted octanol–water partition coefficient (Wildman–Crippen LogP) is 4.46. The second-order valence-corrected chi connectivity index (χ2v) is 10.4. The van der Waals surface area contributed by atoms with E-state index < -0.39 is 10.0 Å². The molecule has 1 atom stereocenters. The molecule has 1 saturated heterocycles. The summed E-state index contributed by atoms with van der Waals surface area (Å²) >= 11 is 1.32. The summed E-state index contributed by atoms with van der Waals surface area (Å²) in [7, 11) is -3.71. The quantitative estimate of drug-likeness (QED) is 0.455. The zero-order chi connectivity index (χ0) is 21.4. The van der Waals surface area contributed by atoms with Crippen LogP contribution in [0.25, 0.3) is 21.5 Å². The van der Waals surface area contributed by atoms with Crippen molar-refractivity contribution in [2.24, 2.45) is 0 Å². The SMILES string of the molecule is O=S(=O)(c1cccc2cccnc12)N1CCCC(c2nnc(-c3ccccc3F)s2)C1. The highest BCUT2D eigenvalue weighted by atomic mass is 32.2. The lowest BCUT2D eigenvalue weighted by molar-refractivity contribution is 0.315. The Morgan fingerprint density at radius 1 is 1.03 bits per heavy atom. The van der Waals surface area contributed by atoms with Gasteiger partial charge >= 0.3 is 0 Å². The van der Waals surface area contributed by atoms with E-state index in [2.05, 4.69) is 15.2 Å². The van der Waals surface area contributed by atoms with Crippen molar-refractivity contribution in [3.05, 3.63) is 71.6 Å². The molecule has 31 heavy (non-hydrogen) atoms. The van der Waals surface area contributed by atoms with Crippen LogP contribution in [0.5, 0.6) is 0 Å². The van der Waals surface area contributed by atoms with Gasteiger partial charge in [0.25, 0.3) is 0 Å². The Morgan fingerprint density at radius 2 is 1.87 bits per heavy atom. The zero-order valence-corrected chi connectivity index (χ0v) is 18.1. The van der Waals surface area contributed by atoms with Crippen LogP contribution in [0.1, 0.15) is 23.8 Å². The van der Waals surface area contributed by atoms with Crippen LogP contribution in [0.2, 0.25) is 0 Å². The molecule has 0 saturated carbocycles. The number of hydrogen-bond acceptors (Lipinski definition) is 6. The van der Waals surface area contributed by atoms with Crippen molar-refractivity contribution in [2.75, 3.05) is 13.1 Å². The van der Waals surface area contributed by atoms with Crippen LogP contribution in [-0.2, 0) is 10.0 Å². The first-order chi connectivity index (χ1) is 15.0. The first-order valence-corrected chi connectivity index (χ1v) is 12.2. The highest BCUT2D eigenvalue weighted by molar-refractivity contribution is 7.89. The number of sulfonamides is 1. The van der Waals surface area contributed by atoms with Crippen molar-refractivity contribution in [3.63, 3.8) is 0 Å². The largest absolute Gasteiger partial charge is 0.255 e. The highest BCUT2D eigenvalue weighted by Gasteiger charge is 2.33. The van der Waals surface area contributed by atoms with Gasteiger partial charge < -0.3 is 0 Å². The maximum Gasteiger partial charge on any atom is 0.245 e. The monoisotopic (exact) mass is 454 g/mol. The zero-order valence-electron chi connectivity index (χ0n) is 16.5. The van der Waals surface area contributed by atoms with E-state index in [0.717, 1.165) is 23.2 Å². The maximum absolute atomic E-state index is 14.1. The molecule has 0 N–H and O–H groups in total. The lowest BCUT2D eigenvalue weighted by atomic mass is 10.0. The third-order valence-electron chi connectivity index (χ3n) is 5.49. The summed E-state index contributed by atoms with van der Waals surface area (Å²) in [4.78, 5) is 4.52. The van der Waals surface area contributed by atoms with Gasteiger partial charge in [0.1, 0.15) is 15.7 Å². The Labute approximate surface area is 183 Å². The second-order valence-electron chi connectivity index (χ2n) is 7.46. The van der Waals surface area contributed by atoms with Gasteiger partial charge in [-0.3, -0.25) is 4.98 Å². The summed E-state index contributed by atoms with van der Waals surface area (Å²) in [6, 6.07) is 15.3. The van der Waals surface area contributed by atoms with Gasteiger partial charge in [-0.05, 0) is 37.1 Å². The molecule has 9 heteroatoms. The van der Waals surface area contributed by atoms with Crippen molar-refractivity contribution in [3.8, 4) is 10.6 Å². The molecule has 1 aliphatic rings. The normalized spacial score (nSPS) is 17.8. The van der Waals surface area contributed by atoms with E-state index in [-0.39, 0.29) is 16.6 Å². The van der Waals surface area contributed by atoms with Gasteiger partial charge in [0.15, 0.2) is 5.01 Å². The minimum absolute atomic E-state index is 0.0792. The van der Waals surface area contributed by atoms with Gasteiger partial charge in [-0.1, -0.05) is 41.7 Å². The van der Waals surface area contributed by atoms with Crippen molar-refractivity contribution in [1.29, 1.82) is 0 Å². The molecule has 2 aromatic heterocycles. The van der Waals surface area contributed by atoms with E-state index in [1.54, 1.807) is 42.6 Å². The topological polar surface area (TPSA) is 76.1 Å². The van der Waals surface area contributed by atoms with Crippen LogP contribution in [-0.4, -0.2) is 41.0 Å². The highest BCUT2D eigenvalue weighted by Crippen LogP contribution is 2.35.